The number of carbonyl (C=O) groups excluding carboxylic acids is 4. The Bertz CT molecular complexity index is 1610. The van der Waals surface area contributed by atoms with Gasteiger partial charge in [0, 0.05) is 65.9 Å². The number of ketones is 2. The molecule has 1 saturated heterocycles. The third-order valence-corrected chi connectivity index (χ3v) is 9.84. The topological polar surface area (TPSA) is 114 Å². The van der Waals surface area contributed by atoms with E-state index in [0.717, 1.165) is 59.7 Å². The third-order valence-electron chi connectivity index (χ3n) is 9.84. The molecule has 9 heteroatoms. The second-order valence-corrected chi connectivity index (χ2v) is 13.0. The maximum atomic E-state index is 14.1. The van der Waals surface area contributed by atoms with Crippen molar-refractivity contribution in [1.82, 2.24) is 24.8 Å². The smallest absolute Gasteiger partial charge is 0.243 e. The summed E-state index contributed by atoms with van der Waals surface area (Å²) >= 11 is 0. The number of nitrogens with zero attached hydrogens (tertiary/aromatic N) is 4. The van der Waals surface area contributed by atoms with Crippen molar-refractivity contribution in [3.05, 3.63) is 47.7 Å². The van der Waals surface area contributed by atoms with Gasteiger partial charge in [-0.1, -0.05) is 26.7 Å². The Labute approximate surface area is 252 Å². The van der Waals surface area contributed by atoms with Crippen LogP contribution in [0.2, 0.25) is 0 Å². The molecule has 2 aliphatic heterocycles. The van der Waals surface area contributed by atoms with Gasteiger partial charge in [-0.3, -0.25) is 19.2 Å². The lowest BCUT2D eigenvalue weighted by Crippen LogP contribution is -2.44. The molecule has 0 radical (unpaired) electrons. The van der Waals surface area contributed by atoms with Crippen LogP contribution in [-0.2, 0) is 27.3 Å². The fourth-order valence-electron chi connectivity index (χ4n) is 7.39. The Balaban J connectivity index is 1.45. The lowest BCUT2D eigenvalue weighted by Gasteiger charge is -2.27. The van der Waals surface area contributed by atoms with E-state index in [1.54, 1.807) is 24.2 Å². The van der Waals surface area contributed by atoms with E-state index in [2.05, 4.69) is 28.3 Å². The summed E-state index contributed by atoms with van der Waals surface area (Å²) in [6.45, 7) is 7.92. The Kier molecular flexibility index (Phi) is 7.69. The molecule has 2 fully saturated rings. The molecular weight excluding hydrogens is 542 g/mol. The summed E-state index contributed by atoms with van der Waals surface area (Å²) in [5.74, 6) is 0.863. The zero-order valence-electron chi connectivity index (χ0n) is 25.6. The Morgan fingerprint density at radius 2 is 1.86 bits per heavy atom. The number of nitrogens with one attached hydrogen (secondary N) is 1. The van der Waals surface area contributed by atoms with Gasteiger partial charge in [0.05, 0.1) is 11.6 Å². The molecule has 4 atom stereocenters. The molecule has 226 valence electrons. The van der Waals surface area contributed by atoms with Crippen LogP contribution in [-0.4, -0.2) is 61.4 Å². The standard InChI is InChI=1S/C34H41N5O4/c1-5-29(41)28-13-34-14-30(34)39(28)32(43)18-38-17-27(21(3)40)26-12-24(25-15-35-22(4)36-16-25)11-23(33(26)38)9-7-6-8-20(2)10-31(42)37-19-34/h11-12,15-17,20,28,30H,5-10,13-14,18-19H2,1-4H3,(H,37,42)/t20-,28-,30+,34-/m0/s1. The van der Waals surface area contributed by atoms with Crippen molar-refractivity contribution in [3.63, 3.8) is 0 Å². The fourth-order valence-corrected chi connectivity index (χ4v) is 7.39. The number of carbonyl (C=O) groups is 4. The van der Waals surface area contributed by atoms with Gasteiger partial charge in [0.2, 0.25) is 11.8 Å². The van der Waals surface area contributed by atoms with E-state index in [0.29, 0.717) is 37.2 Å². The molecule has 1 N–H and O–H groups in total. The van der Waals surface area contributed by atoms with Gasteiger partial charge in [-0.05, 0) is 68.7 Å². The van der Waals surface area contributed by atoms with Crippen LogP contribution in [0, 0.1) is 18.3 Å². The monoisotopic (exact) mass is 583 g/mol. The Morgan fingerprint density at radius 1 is 1.09 bits per heavy atom. The van der Waals surface area contributed by atoms with Gasteiger partial charge in [0.25, 0.3) is 0 Å². The first-order valence-electron chi connectivity index (χ1n) is 15.7. The van der Waals surface area contributed by atoms with E-state index in [1.807, 2.05) is 30.7 Å². The molecule has 43 heavy (non-hydrogen) atoms. The van der Waals surface area contributed by atoms with E-state index in [1.165, 1.54) is 0 Å². The van der Waals surface area contributed by atoms with Crippen LogP contribution < -0.4 is 5.32 Å². The normalized spacial score (nSPS) is 26.1. The zero-order valence-corrected chi connectivity index (χ0v) is 25.6. The van der Waals surface area contributed by atoms with Crippen LogP contribution in [0.15, 0.2) is 30.7 Å². The summed E-state index contributed by atoms with van der Waals surface area (Å²) in [4.78, 5) is 63.5. The summed E-state index contributed by atoms with van der Waals surface area (Å²) in [5.41, 5.74) is 4.09. The average molecular weight is 584 g/mol. The summed E-state index contributed by atoms with van der Waals surface area (Å²) in [6.07, 6.45) is 11.2. The molecule has 1 aliphatic carbocycles. The second kappa shape index (κ2) is 11.3. The summed E-state index contributed by atoms with van der Waals surface area (Å²) in [7, 11) is 0. The number of aryl methyl sites for hydroxylation is 2. The second-order valence-electron chi connectivity index (χ2n) is 13.0. The molecule has 6 rings (SSSR count). The molecule has 2 amide bonds. The summed E-state index contributed by atoms with van der Waals surface area (Å²) in [6, 6.07) is 3.61. The minimum absolute atomic E-state index is 0.0439. The van der Waals surface area contributed by atoms with Crippen LogP contribution in [0.1, 0.15) is 87.5 Å². The van der Waals surface area contributed by atoms with Gasteiger partial charge in [-0.25, -0.2) is 9.97 Å². The van der Waals surface area contributed by atoms with Crippen molar-refractivity contribution in [2.45, 2.75) is 97.7 Å². The maximum Gasteiger partial charge on any atom is 0.243 e. The first-order valence-corrected chi connectivity index (χ1v) is 15.7. The molecular formula is C34H41N5O4. The number of rotatable bonds is 4. The maximum absolute atomic E-state index is 14.1. The zero-order chi connectivity index (χ0) is 30.5. The molecule has 3 aliphatic rings. The molecule has 0 unspecified atom stereocenters. The molecule has 1 saturated carbocycles. The summed E-state index contributed by atoms with van der Waals surface area (Å²) < 4.78 is 1.93. The van der Waals surface area contributed by atoms with Gasteiger partial charge in [-0.15, -0.1) is 0 Å². The van der Waals surface area contributed by atoms with E-state index in [4.69, 9.17) is 0 Å². The quantitative estimate of drug-likeness (QED) is 0.441. The fraction of sp³-hybridized carbons (Fsp3) is 0.529. The molecule has 2 bridgehead atoms. The highest BCUT2D eigenvalue weighted by molar-refractivity contribution is 6.09. The molecule has 1 aromatic carbocycles. The van der Waals surface area contributed by atoms with E-state index in [-0.39, 0.29) is 47.3 Å². The number of hydrogen-bond donors (Lipinski definition) is 1. The van der Waals surface area contributed by atoms with Crippen molar-refractivity contribution >= 4 is 34.3 Å². The molecule has 0 spiro atoms. The minimum atomic E-state index is -0.479. The van der Waals surface area contributed by atoms with Gasteiger partial charge in [-0.2, -0.15) is 0 Å². The van der Waals surface area contributed by atoms with Crippen molar-refractivity contribution < 1.29 is 19.2 Å². The van der Waals surface area contributed by atoms with E-state index < -0.39 is 6.04 Å². The number of Topliss-reactive ketones (excluding diaryl/α,β-unsaturated/α-hetero) is 2. The highest BCUT2D eigenvalue weighted by Gasteiger charge is 2.66. The first kappa shape index (κ1) is 29.2. The lowest BCUT2D eigenvalue weighted by atomic mass is 9.94. The Hall–Kier alpha value is -3.88. The van der Waals surface area contributed by atoms with Crippen LogP contribution in [0.5, 0.6) is 0 Å². The van der Waals surface area contributed by atoms with Crippen molar-refractivity contribution in [3.8, 4) is 11.1 Å². The van der Waals surface area contributed by atoms with Gasteiger partial charge >= 0.3 is 0 Å². The number of hydrogen-bond acceptors (Lipinski definition) is 6. The third kappa shape index (κ3) is 5.50. The lowest BCUT2D eigenvalue weighted by molar-refractivity contribution is -0.139. The highest BCUT2D eigenvalue weighted by atomic mass is 16.2. The SMILES string of the molecule is CCC(=O)[C@@H]1C[C@]23CNC(=O)C[C@@H](C)CCCCc4cc(-c5cnc(C)nc5)cc5c(C(C)=O)cn(c45)CC(=O)N1[C@@H]2C3. The largest absolute Gasteiger partial charge is 0.355 e. The summed E-state index contributed by atoms with van der Waals surface area (Å²) in [5, 5.41) is 3.96. The van der Waals surface area contributed by atoms with Crippen LogP contribution in [0.3, 0.4) is 0 Å². The van der Waals surface area contributed by atoms with Crippen LogP contribution in [0.4, 0.5) is 0 Å². The van der Waals surface area contributed by atoms with Crippen molar-refractivity contribution in [2.75, 3.05) is 6.54 Å². The van der Waals surface area contributed by atoms with Gasteiger partial charge in [0.1, 0.15) is 12.4 Å². The predicted molar refractivity (Wildman–Crippen MR) is 163 cm³/mol. The predicted octanol–water partition coefficient (Wildman–Crippen LogP) is 4.82. The Morgan fingerprint density at radius 3 is 2.58 bits per heavy atom. The van der Waals surface area contributed by atoms with Crippen molar-refractivity contribution in [2.24, 2.45) is 11.3 Å². The molecule has 2 aromatic heterocycles. The van der Waals surface area contributed by atoms with Crippen LogP contribution in [0.25, 0.3) is 22.0 Å². The van der Waals surface area contributed by atoms with Crippen molar-refractivity contribution in [1.29, 1.82) is 0 Å². The minimum Gasteiger partial charge on any atom is -0.355 e. The molecule has 3 aromatic rings. The first-order chi connectivity index (χ1) is 20.6. The van der Waals surface area contributed by atoms with Gasteiger partial charge < -0.3 is 14.8 Å². The van der Waals surface area contributed by atoms with Crippen LogP contribution >= 0.6 is 0 Å². The number of piperidine rings is 1. The number of amides is 2. The molecule has 4 heterocycles. The van der Waals surface area contributed by atoms with E-state index in [9.17, 15) is 19.2 Å². The number of benzene rings is 1. The number of aromatic nitrogens is 3. The highest BCUT2D eigenvalue weighted by Crippen LogP contribution is 2.59. The van der Waals surface area contributed by atoms with Gasteiger partial charge in [0.15, 0.2) is 11.6 Å². The van der Waals surface area contributed by atoms with E-state index >= 15 is 0 Å². The molecule has 9 nitrogen and oxygen atoms in total. The average Bonchev–Trinajstić information content (AvgIpc) is 3.39.